The summed E-state index contributed by atoms with van der Waals surface area (Å²) in [6.45, 7) is 8.35. The highest BCUT2D eigenvalue weighted by atomic mass is 35.5. The lowest BCUT2D eigenvalue weighted by atomic mass is 9.76. The van der Waals surface area contributed by atoms with Crippen LogP contribution in [-0.4, -0.2) is 17.0 Å². The molecular weight excluding hydrogens is 410 g/mol. The van der Waals surface area contributed by atoms with Crippen molar-refractivity contribution in [2.45, 2.75) is 38.5 Å². The third kappa shape index (κ3) is 3.41. The van der Waals surface area contributed by atoms with Crippen molar-refractivity contribution in [2.24, 2.45) is 0 Å². The summed E-state index contributed by atoms with van der Waals surface area (Å²) in [4.78, 5) is 27.0. The molecule has 3 aromatic carbocycles. The van der Waals surface area contributed by atoms with E-state index in [2.05, 4.69) is 32.9 Å². The Hall–Kier alpha value is -3.11. The van der Waals surface area contributed by atoms with E-state index in [1.54, 1.807) is 23.1 Å². The average Bonchev–Trinajstić information content (AvgIpc) is 2.95. The van der Waals surface area contributed by atoms with E-state index in [0.29, 0.717) is 16.4 Å². The molecule has 1 N–H and O–H groups in total. The van der Waals surface area contributed by atoms with E-state index in [1.165, 1.54) is 17.7 Å². The van der Waals surface area contributed by atoms with Gasteiger partial charge in [-0.2, -0.15) is 0 Å². The van der Waals surface area contributed by atoms with Gasteiger partial charge in [0.05, 0.1) is 16.7 Å². The molecule has 0 fully saturated rings. The summed E-state index contributed by atoms with van der Waals surface area (Å²) in [5, 5.41) is 9.95. The maximum Gasteiger partial charge on any atom is 0.335 e. The van der Waals surface area contributed by atoms with Gasteiger partial charge in [-0.1, -0.05) is 62.7 Å². The van der Waals surface area contributed by atoms with E-state index in [0.717, 1.165) is 11.1 Å². The van der Waals surface area contributed by atoms with Crippen LogP contribution in [0, 0.1) is 0 Å². The van der Waals surface area contributed by atoms with Gasteiger partial charge in [-0.05, 0) is 65.4 Å². The second-order valence-electron chi connectivity index (χ2n) is 9.11. The Morgan fingerprint density at radius 1 is 1.00 bits per heavy atom. The van der Waals surface area contributed by atoms with Gasteiger partial charge in [0.1, 0.15) is 0 Å². The molecule has 1 heterocycles. The van der Waals surface area contributed by atoms with E-state index in [1.807, 2.05) is 31.2 Å². The lowest BCUT2D eigenvalue weighted by Gasteiger charge is -2.27. The number of carbonyl (C=O) groups excluding carboxylic acids is 1. The highest BCUT2D eigenvalue weighted by molar-refractivity contribution is 6.31. The standard InChI is InChI=1S/C26H24ClNO3/c1-25(2,3)17-8-10-18(11-9-17)26(4)21-15-19(27)12-13-22(21)28(24(26)31)20-7-5-6-16(14-20)23(29)30/h5-15H,1-4H3,(H,29,30)/t26-/m0/s1. The Kier molecular flexibility index (Phi) is 4.94. The Balaban J connectivity index is 1.89. The summed E-state index contributed by atoms with van der Waals surface area (Å²) >= 11 is 6.32. The van der Waals surface area contributed by atoms with Crippen molar-refractivity contribution in [2.75, 3.05) is 4.90 Å². The number of hydrogen-bond donors (Lipinski definition) is 1. The van der Waals surface area contributed by atoms with Crippen molar-refractivity contribution in [1.29, 1.82) is 0 Å². The monoisotopic (exact) mass is 433 g/mol. The van der Waals surface area contributed by atoms with Gasteiger partial charge in [0.2, 0.25) is 5.91 Å². The van der Waals surface area contributed by atoms with Crippen LogP contribution in [0.15, 0.2) is 66.7 Å². The number of carboxylic acids is 1. The molecule has 0 spiro atoms. The zero-order chi connectivity index (χ0) is 22.6. The summed E-state index contributed by atoms with van der Waals surface area (Å²) < 4.78 is 0. The first-order valence-corrected chi connectivity index (χ1v) is 10.5. The number of benzene rings is 3. The zero-order valence-electron chi connectivity index (χ0n) is 17.9. The molecule has 1 aliphatic rings. The van der Waals surface area contributed by atoms with E-state index in [4.69, 9.17) is 11.6 Å². The van der Waals surface area contributed by atoms with Crippen molar-refractivity contribution < 1.29 is 14.7 Å². The topological polar surface area (TPSA) is 57.6 Å². The van der Waals surface area contributed by atoms with Crippen molar-refractivity contribution in [3.05, 3.63) is 94.0 Å². The number of anilines is 2. The molecule has 4 nitrogen and oxygen atoms in total. The Labute approximate surface area is 187 Å². The molecule has 158 valence electrons. The highest BCUT2D eigenvalue weighted by Gasteiger charge is 2.49. The van der Waals surface area contributed by atoms with Gasteiger partial charge in [-0.15, -0.1) is 0 Å². The minimum Gasteiger partial charge on any atom is -0.478 e. The molecule has 0 saturated heterocycles. The first kappa shape index (κ1) is 21.1. The van der Waals surface area contributed by atoms with Crippen molar-refractivity contribution >= 4 is 34.9 Å². The highest BCUT2D eigenvalue weighted by Crippen LogP contribution is 2.50. The Morgan fingerprint density at radius 2 is 1.68 bits per heavy atom. The third-order valence-electron chi connectivity index (χ3n) is 6.05. The number of nitrogens with zero attached hydrogens (tertiary/aromatic N) is 1. The maximum absolute atomic E-state index is 13.9. The molecule has 0 unspecified atom stereocenters. The number of carbonyl (C=O) groups is 2. The van der Waals surface area contributed by atoms with Crippen LogP contribution in [-0.2, 0) is 15.6 Å². The zero-order valence-corrected chi connectivity index (χ0v) is 18.7. The number of carboxylic acid groups (broad SMARTS) is 1. The van der Waals surface area contributed by atoms with E-state index < -0.39 is 11.4 Å². The molecule has 0 saturated carbocycles. The number of amides is 1. The smallest absolute Gasteiger partial charge is 0.335 e. The van der Waals surface area contributed by atoms with Crippen LogP contribution in [0.4, 0.5) is 11.4 Å². The van der Waals surface area contributed by atoms with E-state index in [-0.39, 0.29) is 16.9 Å². The molecular formula is C26H24ClNO3. The molecule has 1 amide bonds. The molecule has 5 heteroatoms. The minimum absolute atomic E-state index is 0.00361. The summed E-state index contributed by atoms with van der Waals surface area (Å²) in [6.07, 6.45) is 0. The molecule has 31 heavy (non-hydrogen) atoms. The van der Waals surface area contributed by atoms with Crippen LogP contribution < -0.4 is 4.90 Å². The van der Waals surface area contributed by atoms with Crippen LogP contribution in [0.1, 0.15) is 54.7 Å². The Bertz CT molecular complexity index is 1190. The largest absolute Gasteiger partial charge is 0.478 e. The summed E-state index contributed by atoms with van der Waals surface area (Å²) in [5.41, 5.74) is 3.26. The fraction of sp³-hybridized carbons (Fsp3) is 0.231. The van der Waals surface area contributed by atoms with Gasteiger partial charge in [0.25, 0.3) is 0 Å². The molecule has 0 radical (unpaired) electrons. The number of rotatable bonds is 3. The minimum atomic E-state index is -1.04. The van der Waals surface area contributed by atoms with Gasteiger partial charge >= 0.3 is 5.97 Å². The molecule has 1 atom stereocenters. The van der Waals surface area contributed by atoms with Crippen molar-refractivity contribution in [3.8, 4) is 0 Å². The van der Waals surface area contributed by atoms with Crippen LogP contribution >= 0.6 is 11.6 Å². The molecule has 0 aromatic heterocycles. The Morgan fingerprint density at radius 3 is 2.29 bits per heavy atom. The quantitative estimate of drug-likeness (QED) is 0.525. The first-order chi connectivity index (χ1) is 14.5. The van der Waals surface area contributed by atoms with Crippen molar-refractivity contribution in [3.63, 3.8) is 0 Å². The maximum atomic E-state index is 13.9. The fourth-order valence-corrected chi connectivity index (χ4v) is 4.34. The summed E-state index contributed by atoms with van der Waals surface area (Å²) in [6, 6.07) is 19.9. The van der Waals surface area contributed by atoms with E-state index >= 15 is 0 Å². The molecule has 0 bridgehead atoms. The second-order valence-corrected chi connectivity index (χ2v) is 9.55. The second kappa shape index (κ2) is 7.24. The molecule has 1 aliphatic heterocycles. The average molecular weight is 434 g/mol. The van der Waals surface area contributed by atoms with Gasteiger partial charge in [-0.3, -0.25) is 9.69 Å². The van der Waals surface area contributed by atoms with Crippen LogP contribution in [0.3, 0.4) is 0 Å². The van der Waals surface area contributed by atoms with Gasteiger partial charge in [0, 0.05) is 10.7 Å². The summed E-state index contributed by atoms with van der Waals surface area (Å²) in [5.74, 6) is -1.18. The van der Waals surface area contributed by atoms with Crippen LogP contribution in [0.25, 0.3) is 0 Å². The first-order valence-electron chi connectivity index (χ1n) is 10.1. The summed E-state index contributed by atoms with van der Waals surface area (Å²) in [7, 11) is 0. The fourth-order valence-electron chi connectivity index (χ4n) is 4.17. The third-order valence-corrected chi connectivity index (χ3v) is 6.28. The predicted molar refractivity (Wildman–Crippen MR) is 124 cm³/mol. The van der Waals surface area contributed by atoms with Crippen LogP contribution in [0.5, 0.6) is 0 Å². The number of fused-ring (bicyclic) bond motifs is 1. The number of halogens is 1. The lowest BCUT2D eigenvalue weighted by Crippen LogP contribution is -2.37. The molecule has 3 aromatic rings. The van der Waals surface area contributed by atoms with Crippen LogP contribution in [0.2, 0.25) is 5.02 Å². The van der Waals surface area contributed by atoms with Gasteiger partial charge in [0.15, 0.2) is 0 Å². The number of aromatic carboxylic acids is 1. The van der Waals surface area contributed by atoms with Crippen molar-refractivity contribution in [1.82, 2.24) is 0 Å². The molecule has 0 aliphatic carbocycles. The van der Waals surface area contributed by atoms with Gasteiger partial charge < -0.3 is 5.11 Å². The lowest BCUT2D eigenvalue weighted by molar-refractivity contribution is -0.120. The normalized spacial score (nSPS) is 18.2. The SMILES string of the molecule is CC(C)(C)c1ccc([C@]2(C)C(=O)N(c3cccc(C(=O)O)c3)c3ccc(Cl)cc32)cc1. The van der Waals surface area contributed by atoms with Gasteiger partial charge in [-0.25, -0.2) is 4.79 Å². The number of hydrogen-bond acceptors (Lipinski definition) is 2. The molecule has 4 rings (SSSR count). The predicted octanol–water partition coefficient (Wildman–Crippen LogP) is 6.32. The van der Waals surface area contributed by atoms with E-state index in [9.17, 15) is 14.7 Å².